The van der Waals surface area contributed by atoms with Crippen LogP contribution in [-0.2, 0) is 13.2 Å². The Balaban J connectivity index is 1.98. The summed E-state index contributed by atoms with van der Waals surface area (Å²) < 4.78 is 19.5. The van der Waals surface area contributed by atoms with E-state index in [1.165, 1.54) is 17.7 Å². The first-order chi connectivity index (χ1) is 10.0. The summed E-state index contributed by atoms with van der Waals surface area (Å²) >= 11 is 3.35. The average molecular weight is 352 g/mol. The van der Waals surface area contributed by atoms with E-state index in [1.807, 2.05) is 18.2 Å². The van der Waals surface area contributed by atoms with Crippen LogP contribution in [0.25, 0.3) is 0 Å². The van der Waals surface area contributed by atoms with Gasteiger partial charge in [0.2, 0.25) is 0 Å². The number of halogens is 2. The maximum atomic E-state index is 13.0. The van der Waals surface area contributed by atoms with E-state index >= 15 is 0 Å². The largest absolute Gasteiger partial charge is 0.489 e. The van der Waals surface area contributed by atoms with Crippen molar-refractivity contribution in [2.75, 3.05) is 0 Å². The molecule has 2 aromatic rings. The fourth-order valence-corrected chi connectivity index (χ4v) is 2.33. The van der Waals surface area contributed by atoms with Gasteiger partial charge in [-0.1, -0.05) is 48.0 Å². The first-order valence-corrected chi connectivity index (χ1v) is 7.73. The quantitative estimate of drug-likeness (QED) is 0.816. The molecule has 0 bridgehead atoms. The summed E-state index contributed by atoms with van der Waals surface area (Å²) in [6.07, 6.45) is 0. The van der Waals surface area contributed by atoms with Crippen molar-refractivity contribution in [2.24, 2.45) is 0 Å². The lowest BCUT2D eigenvalue weighted by Gasteiger charge is -2.11. The lowest BCUT2D eigenvalue weighted by atomic mass is 10.2. The number of nitrogens with one attached hydrogen (secondary N) is 1. The van der Waals surface area contributed by atoms with Crippen molar-refractivity contribution < 1.29 is 9.13 Å². The molecule has 4 heteroatoms. The van der Waals surface area contributed by atoms with Gasteiger partial charge in [0.1, 0.15) is 18.2 Å². The Kier molecular flexibility index (Phi) is 5.76. The summed E-state index contributed by atoms with van der Waals surface area (Å²) in [6.45, 7) is 5.45. The second-order valence-electron chi connectivity index (χ2n) is 5.21. The maximum absolute atomic E-state index is 13.0. The molecular formula is C17H19BrFNO. The van der Waals surface area contributed by atoms with Gasteiger partial charge in [-0.25, -0.2) is 4.39 Å². The summed E-state index contributed by atoms with van der Waals surface area (Å²) in [4.78, 5) is 0. The molecule has 1 N–H and O–H groups in total. The van der Waals surface area contributed by atoms with Crippen LogP contribution < -0.4 is 10.1 Å². The minimum Gasteiger partial charge on any atom is -0.489 e. The predicted molar refractivity (Wildman–Crippen MR) is 86.8 cm³/mol. The molecule has 0 aliphatic carbocycles. The van der Waals surface area contributed by atoms with E-state index in [0.29, 0.717) is 12.6 Å². The van der Waals surface area contributed by atoms with Gasteiger partial charge >= 0.3 is 0 Å². The van der Waals surface area contributed by atoms with E-state index in [-0.39, 0.29) is 5.82 Å². The maximum Gasteiger partial charge on any atom is 0.124 e. The molecule has 0 saturated carbocycles. The zero-order chi connectivity index (χ0) is 15.2. The van der Waals surface area contributed by atoms with Crippen LogP contribution in [0.15, 0.2) is 46.9 Å². The molecule has 112 valence electrons. The number of hydrogen-bond donors (Lipinski definition) is 1. The molecule has 0 aliphatic heterocycles. The van der Waals surface area contributed by atoms with Gasteiger partial charge in [0.25, 0.3) is 0 Å². The highest BCUT2D eigenvalue weighted by molar-refractivity contribution is 9.10. The van der Waals surface area contributed by atoms with Gasteiger partial charge in [-0.2, -0.15) is 0 Å². The SMILES string of the molecule is CC(C)NCc1cccc(OCc2ccc(F)cc2Br)c1. The van der Waals surface area contributed by atoms with Crippen molar-refractivity contribution >= 4 is 15.9 Å². The van der Waals surface area contributed by atoms with Gasteiger partial charge in [-0.15, -0.1) is 0 Å². The van der Waals surface area contributed by atoms with E-state index in [0.717, 1.165) is 22.3 Å². The molecule has 0 amide bonds. The number of rotatable bonds is 6. The Bertz CT molecular complexity index is 601. The molecule has 0 radical (unpaired) electrons. The molecule has 2 rings (SSSR count). The van der Waals surface area contributed by atoms with Crippen LogP contribution in [0.1, 0.15) is 25.0 Å². The second-order valence-corrected chi connectivity index (χ2v) is 6.06. The molecule has 0 fully saturated rings. The van der Waals surface area contributed by atoms with Crippen LogP contribution in [0.5, 0.6) is 5.75 Å². The third-order valence-electron chi connectivity index (χ3n) is 3.02. The van der Waals surface area contributed by atoms with Crippen molar-refractivity contribution in [3.8, 4) is 5.75 Å². The van der Waals surface area contributed by atoms with Crippen LogP contribution in [0.2, 0.25) is 0 Å². The zero-order valence-corrected chi connectivity index (χ0v) is 13.8. The first kappa shape index (κ1) is 16.0. The van der Waals surface area contributed by atoms with Crippen LogP contribution in [0.3, 0.4) is 0 Å². The third kappa shape index (κ3) is 5.14. The highest BCUT2D eigenvalue weighted by Crippen LogP contribution is 2.21. The lowest BCUT2D eigenvalue weighted by Crippen LogP contribution is -2.21. The standard InChI is InChI=1S/C17H19BrFNO/c1-12(2)20-10-13-4-3-5-16(8-13)21-11-14-6-7-15(19)9-17(14)18/h3-9,12,20H,10-11H2,1-2H3. The second kappa shape index (κ2) is 7.57. The Morgan fingerprint density at radius 1 is 1.19 bits per heavy atom. The molecule has 2 nitrogen and oxygen atoms in total. The highest BCUT2D eigenvalue weighted by atomic mass is 79.9. The number of ether oxygens (including phenoxy) is 1. The van der Waals surface area contributed by atoms with Gasteiger partial charge < -0.3 is 10.1 Å². The molecule has 21 heavy (non-hydrogen) atoms. The van der Waals surface area contributed by atoms with Gasteiger partial charge in [-0.3, -0.25) is 0 Å². The Labute approximate surface area is 133 Å². The molecule has 2 aromatic carbocycles. The molecule has 0 heterocycles. The predicted octanol–water partition coefficient (Wildman–Crippen LogP) is 4.67. The van der Waals surface area contributed by atoms with Gasteiger partial charge in [0, 0.05) is 22.6 Å². The monoisotopic (exact) mass is 351 g/mol. The third-order valence-corrected chi connectivity index (χ3v) is 3.76. The fourth-order valence-electron chi connectivity index (χ4n) is 1.87. The van der Waals surface area contributed by atoms with Crippen LogP contribution in [0, 0.1) is 5.82 Å². The molecule has 0 aliphatic rings. The zero-order valence-electron chi connectivity index (χ0n) is 12.2. The number of hydrogen-bond acceptors (Lipinski definition) is 2. The summed E-state index contributed by atoms with van der Waals surface area (Å²) in [5, 5.41) is 3.37. The van der Waals surface area contributed by atoms with Crippen molar-refractivity contribution in [2.45, 2.75) is 33.0 Å². The van der Waals surface area contributed by atoms with Gasteiger partial charge in [-0.05, 0) is 29.8 Å². The molecule has 0 atom stereocenters. The smallest absolute Gasteiger partial charge is 0.124 e. The molecule has 0 saturated heterocycles. The molecular weight excluding hydrogens is 333 g/mol. The summed E-state index contributed by atoms with van der Waals surface area (Å²) in [5.41, 5.74) is 2.10. The fraction of sp³-hybridized carbons (Fsp3) is 0.294. The minimum atomic E-state index is -0.257. The Morgan fingerprint density at radius 2 is 2.00 bits per heavy atom. The van der Waals surface area contributed by atoms with Crippen molar-refractivity contribution in [1.82, 2.24) is 5.32 Å². The van der Waals surface area contributed by atoms with E-state index in [1.54, 1.807) is 6.07 Å². The summed E-state index contributed by atoms with van der Waals surface area (Å²) in [5.74, 6) is 0.557. The van der Waals surface area contributed by atoms with E-state index in [9.17, 15) is 4.39 Å². The lowest BCUT2D eigenvalue weighted by molar-refractivity contribution is 0.305. The van der Waals surface area contributed by atoms with E-state index in [4.69, 9.17) is 4.74 Å². The van der Waals surface area contributed by atoms with Gasteiger partial charge in [0.15, 0.2) is 0 Å². The summed E-state index contributed by atoms with van der Waals surface area (Å²) in [7, 11) is 0. The van der Waals surface area contributed by atoms with E-state index in [2.05, 4.69) is 41.2 Å². The number of benzene rings is 2. The molecule has 0 spiro atoms. The van der Waals surface area contributed by atoms with Crippen LogP contribution in [-0.4, -0.2) is 6.04 Å². The highest BCUT2D eigenvalue weighted by Gasteiger charge is 2.03. The average Bonchev–Trinajstić information content (AvgIpc) is 2.45. The van der Waals surface area contributed by atoms with Gasteiger partial charge in [0.05, 0.1) is 0 Å². The van der Waals surface area contributed by atoms with Crippen molar-refractivity contribution in [3.05, 3.63) is 63.9 Å². The topological polar surface area (TPSA) is 21.3 Å². The van der Waals surface area contributed by atoms with Crippen molar-refractivity contribution in [1.29, 1.82) is 0 Å². The van der Waals surface area contributed by atoms with Crippen LogP contribution in [0.4, 0.5) is 4.39 Å². The van der Waals surface area contributed by atoms with Crippen molar-refractivity contribution in [3.63, 3.8) is 0 Å². The Hall–Kier alpha value is -1.39. The van der Waals surface area contributed by atoms with E-state index < -0.39 is 0 Å². The van der Waals surface area contributed by atoms with Crippen LogP contribution >= 0.6 is 15.9 Å². The molecule has 0 unspecified atom stereocenters. The normalized spacial score (nSPS) is 10.9. The first-order valence-electron chi connectivity index (χ1n) is 6.93. The summed E-state index contributed by atoms with van der Waals surface area (Å²) in [6, 6.07) is 13.0. The minimum absolute atomic E-state index is 0.257. The Morgan fingerprint density at radius 3 is 2.71 bits per heavy atom. The molecule has 0 aromatic heterocycles.